The Labute approximate surface area is 201 Å². The lowest BCUT2D eigenvalue weighted by molar-refractivity contribution is 0.0692. The van der Waals surface area contributed by atoms with E-state index < -0.39 is 0 Å². The van der Waals surface area contributed by atoms with Crippen molar-refractivity contribution >= 4 is 17.4 Å². The van der Waals surface area contributed by atoms with Crippen LogP contribution in [0.5, 0.6) is 11.5 Å². The van der Waals surface area contributed by atoms with Crippen LogP contribution in [0.4, 0.5) is 5.69 Å². The Kier molecular flexibility index (Phi) is 5.64. The molecule has 1 amide bonds. The van der Waals surface area contributed by atoms with Gasteiger partial charge in [-0.25, -0.2) is 4.99 Å². The van der Waals surface area contributed by atoms with Crippen molar-refractivity contribution in [1.29, 1.82) is 0 Å². The molecule has 5 nitrogen and oxygen atoms in total. The fraction of sp³-hybridized carbons (Fsp3) is 0.310. The largest absolute Gasteiger partial charge is 0.454 e. The Morgan fingerprint density at radius 3 is 2.29 bits per heavy atom. The first-order valence-corrected chi connectivity index (χ1v) is 11.9. The number of carbonyl (C=O) groups is 1. The predicted molar refractivity (Wildman–Crippen MR) is 137 cm³/mol. The zero-order valence-electron chi connectivity index (χ0n) is 20.3. The van der Waals surface area contributed by atoms with Gasteiger partial charge in [0.05, 0.1) is 5.56 Å². The van der Waals surface area contributed by atoms with Crippen molar-refractivity contribution in [3.05, 3.63) is 89.0 Å². The van der Waals surface area contributed by atoms with Crippen molar-refractivity contribution in [1.82, 2.24) is 9.80 Å². The maximum absolute atomic E-state index is 13.1. The zero-order valence-corrected chi connectivity index (χ0v) is 20.3. The summed E-state index contributed by atoms with van der Waals surface area (Å²) in [5.74, 6) is 2.57. The number of nitrogens with zero attached hydrogens (tertiary/aromatic N) is 3. The second-order valence-corrected chi connectivity index (χ2v) is 10.1. The molecule has 0 bridgehead atoms. The van der Waals surface area contributed by atoms with Crippen LogP contribution in [0.25, 0.3) is 0 Å². The first-order chi connectivity index (χ1) is 16.3. The number of amides is 1. The van der Waals surface area contributed by atoms with E-state index in [-0.39, 0.29) is 11.3 Å². The number of hydrogen-bond donors (Lipinski definition) is 0. The number of hydrogen-bond acceptors (Lipinski definition) is 4. The summed E-state index contributed by atoms with van der Waals surface area (Å²) in [6, 6.07) is 22.2. The van der Waals surface area contributed by atoms with Gasteiger partial charge in [-0.05, 0) is 59.9 Å². The Hall–Kier alpha value is -3.60. The van der Waals surface area contributed by atoms with Gasteiger partial charge < -0.3 is 14.5 Å². The van der Waals surface area contributed by atoms with Crippen molar-refractivity contribution in [3.8, 4) is 11.5 Å². The average Bonchev–Trinajstić information content (AvgIpc) is 2.99. The van der Waals surface area contributed by atoms with Gasteiger partial charge in [-0.2, -0.15) is 0 Å². The molecule has 2 aliphatic rings. The number of fused-ring (bicyclic) bond motifs is 2. The summed E-state index contributed by atoms with van der Waals surface area (Å²) in [5.41, 5.74) is 5.00. The second-order valence-electron chi connectivity index (χ2n) is 10.1. The molecule has 0 unspecified atom stereocenters. The van der Waals surface area contributed by atoms with Crippen molar-refractivity contribution in [2.75, 3.05) is 26.2 Å². The summed E-state index contributed by atoms with van der Waals surface area (Å²) in [5, 5.41) is 0. The van der Waals surface area contributed by atoms with Gasteiger partial charge in [0.2, 0.25) is 0 Å². The number of aliphatic imine (C=N–C) groups is 1. The number of aryl methyl sites for hydroxylation is 1. The number of piperazine rings is 1. The predicted octanol–water partition coefficient (Wildman–Crippen LogP) is 5.93. The van der Waals surface area contributed by atoms with Crippen molar-refractivity contribution in [3.63, 3.8) is 0 Å². The highest BCUT2D eigenvalue weighted by molar-refractivity contribution is 6.04. The van der Waals surface area contributed by atoms with Gasteiger partial charge in [0.25, 0.3) is 5.91 Å². The van der Waals surface area contributed by atoms with Gasteiger partial charge in [0.1, 0.15) is 17.3 Å². The molecular formula is C29H31N3O2. The molecule has 2 heterocycles. The Bertz CT molecular complexity index is 1250. The molecule has 0 N–H and O–H groups in total. The van der Waals surface area contributed by atoms with E-state index in [0.29, 0.717) is 13.1 Å². The molecule has 3 aromatic rings. The van der Waals surface area contributed by atoms with Crippen LogP contribution >= 0.6 is 0 Å². The van der Waals surface area contributed by atoms with Crippen LogP contribution in [0, 0.1) is 6.92 Å². The van der Waals surface area contributed by atoms with Gasteiger partial charge in [-0.15, -0.1) is 0 Å². The highest BCUT2D eigenvalue weighted by Crippen LogP contribution is 2.38. The third kappa shape index (κ3) is 4.30. The Balaban J connectivity index is 1.36. The van der Waals surface area contributed by atoms with Crippen LogP contribution in [-0.4, -0.2) is 47.7 Å². The average molecular weight is 454 g/mol. The topological polar surface area (TPSA) is 45.1 Å². The number of para-hydroxylation sites is 1. The number of carbonyl (C=O) groups excluding carboxylic acids is 1. The van der Waals surface area contributed by atoms with Crippen LogP contribution in [0.3, 0.4) is 0 Å². The molecule has 0 saturated carbocycles. The van der Waals surface area contributed by atoms with Crippen molar-refractivity contribution in [2.45, 2.75) is 33.1 Å². The molecule has 0 spiro atoms. The maximum atomic E-state index is 13.1. The van der Waals surface area contributed by atoms with E-state index in [4.69, 9.17) is 9.73 Å². The standard InChI is InChI=1S/C29H31N3O2/c1-20-9-14-24-26(19-20)34-25-8-6-5-7-23(25)27(30-24)31-15-17-32(18-16-31)28(33)21-10-12-22(13-11-21)29(2,3)4/h5-14,19H,15-18H2,1-4H3. The number of ether oxygens (including phenoxy) is 1. The molecule has 0 aliphatic carbocycles. The van der Waals surface area contributed by atoms with Crippen LogP contribution in [0.2, 0.25) is 0 Å². The van der Waals surface area contributed by atoms with Crippen LogP contribution in [-0.2, 0) is 5.41 Å². The van der Waals surface area contributed by atoms with E-state index in [2.05, 4.69) is 56.9 Å². The Morgan fingerprint density at radius 2 is 1.59 bits per heavy atom. The summed E-state index contributed by atoms with van der Waals surface area (Å²) < 4.78 is 6.25. The molecular weight excluding hydrogens is 422 g/mol. The van der Waals surface area contributed by atoms with Crippen molar-refractivity contribution in [2.24, 2.45) is 4.99 Å². The summed E-state index contributed by atoms with van der Waals surface area (Å²) in [6.07, 6.45) is 0. The van der Waals surface area contributed by atoms with Crippen LogP contribution < -0.4 is 4.74 Å². The van der Waals surface area contributed by atoms with Gasteiger partial charge in [0.15, 0.2) is 5.75 Å². The monoisotopic (exact) mass is 453 g/mol. The minimum Gasteiger partial charge on any atom is -0.454 e. The molecule has 0 aromatic heterocycles. The van der Waals surface area contributed by atoms with Gasteiger partial charge in [0, 0.05) is 31.7 Å². The minimum absolute atomic E-state index is 0.0734. The lowest BCUT2D eigenvalue weighted by atomic mass is 9.86. The fourth-order valence-corrected chi connectivity index (χ4v) is 4.49. The summed E-state index contributed by atoms with van der Waals surface area (Å²) in [4.78, 5) is 22.4. The van der Waals surface area contributed by atoms with E-state index in [1.807, 2.05) is 47.4 Å². The second kappa shape index (κ2) is 8.64. The molecule has 174 valence electrons. The quantitative estimate of drug-likeness (QED) is 0.458. The SMILES string of the molecule is Cc1ccc2c(c1)Oc1ccccc1C(N1CCN(C(=O)c3ccc(C(C)(C)C)cc3)CC1)=N2. The first-order valence-electron chi connectivity index (χ1n) is 11.9. The summed E-state index contributed by atoms with van der Waals surface area (Å²) >= 11 is 0. The van der Waals surface area contributed by atoms with Crippen LogP contribution in [0.1, 0.15) is 47.8 Å². The minimum atomic E-state index is 0.0734. The van der Waals surface area contributed by atoms with Gasteiger partial charge in [-0.1, -0.05) is 51.1 Å². The molecule has 1 saturated heterocycles. The van der Waals surface area contributed by atoms with E-state index in [1.165, 1.54) is 5.56 Å². The summed E-state index contributed by atoms with van der Waals surface area (Å²) in [6.45, 7) is 11.4. The lowest BCUT2D eigenvalue weighted by Gasteiger charge is -2.36. The molecule has 2 aliphatic heterocycles. The van der Waals surface area contributed by atoms with Gasteiger partial charge in [-0.3, -0.25) is 4.79 Å². The molecule has 5 rings (SSSR count). The van der Waals surface area contributed by atoms with E-state index in [1.54, 1.807) is 0 Å². The number of amidine groups is 1. The summed E-state index contributed by atoms with van der Waals surface area (Å²) in [7, 11) is 0. The molecule has 3 aromatic carbocycles. The molecule has 1 fully saturated rings. The third-order valence-electron chi connectivity index (χ3n) is 6.55. The van der Waals surface area contributed by atoms with Gasteiger partial charge >= 0.3 is 0 Å². The number of benzene rings is 3. The zero-order chi connectivity index (χ0) is 23.9. The smallest absolute Gasteiger partial charge is 0.253 e. The van der Waals surface area contributed by atoms with E-state index in [0.717, 1.165) is 52.8 Å². The number of rotatable bonds is 1. The fourth-order valence-electron chi connectivity index (χ4n) is 4.49. The van der Waals surface area contributed by atoms with E-state index >= 15 is 0 Å². The van der Waals surface area contributed by atoms with Crippen molar-refractivity contribution < 1.29 is 9.53 Å². The Morgan fingerprint density at radius 1 is 0.882 bits per heavy atom. The first kappa shape index (κ1) is 22.2. The molecule has 5 heteroatoms. The molecule has 0 radical (unpaired) electrons. The van der Waals surface area contributed by atoms with Crippen LogP contribution in [0.15, 0.2) is 71.7 Å². The highest BCUT2D eigenvalue weighted by atomic mass is 16.5. The van der Waals surface area contributed by atoms with E-state index in [9.17, 15) is 4.79 Å². The highest BCUT2D eigenvalue weighted by Gasteiger charge is 2.28. The molecule has 34 heavy (non-hydrogen) atoms. The lowest BCUT2D eigenvalue weighted by Crippen LogP contribution is -2.50. The molecule has 0 atom stereocenters. The third-order valence-corrected chi connectivity index (χ3v) is 6.55. The normalized spacial score (nSPS) is 15.6. The maximum Gasteiger partial charge on any atom is 0.253 e.